The van der Waals surface area contributed by atoms with Crippen LogP contribution in [0.3, 0.4) is 0 Å². The van der Waals surface area contributed by atoms with Gasteiger partial charge < -0.3 is 5.32 Å². The van der Waals surface area contributed by atoms with Gasteiger partial charge >= 0.3 is 0 Å². The molecule has 1 aromatic carbocycles. The number of aromatic nitrogens is 3. The summed E-state index contributed by atoms with van der Waals surface area (Å²) in [5.41, 5.74) is 1.79. The van der Waals surface area contributed by atoms with E-state index in [1.165, 1.54) is 6.07 Å². The average molecular weight is 419 g/mol. The summed E-state index contributed by atoms with van der Waals surface area (Å²) in [6.07, 6.45) is 11.1. The third-order valence-electron chi connectivity index (χ3n) is 5.07. The third-order valence-corrected chi connectivity index (χ3v) is 5.07. The number of benzene rings is 1. The molecule has 0 fully saturated rings. The molecule has 31 heavy (non-hydrogen) atoms. The fourth-order valence-electron chi connectivity index (χ4n) is 3.72. The molecule has 0 spiro atoms. The van der Waals surface area contributed by atoms with Crippen LogP contribution in [0.2, 0.25) is 0 Å². The van der Waals surface area contributed by atoms with Crippen molar-refractivity contribution in [3.63, 3.8) is 0 Å². The van der Waals surface area contributed by atoms with Crippen molar-refractivity contribution in [2.24, 2.45) is 11.8 Å². The lowest BCUT2D eigenvalue weighted by Gasteiger charge is -2.21. The van der Waals surface area contributed by atoms with Crippen LogP contribution >= 0.6 is 0 Å². The molecule has 0 aliphatic carbocycles. The predicted molar refractivity (Wildman–Crippen MR) is 123 cm³/mol. The van der Waals surface area contributed by atoms with Gasteiger partial charge in [0.15, 0.2) is 0 Å². The minimum Gasteiger partial charge on any atom is -0.351 e. The second kappa shape index (κ2) is 9.98. The van der Waals surface area contributed by atoms with Gasteiger partial charge in [-0.3, -0.25) is 9.36 Å². The summed E-state index contributed by atoms with van der Waals surface area (Å²) in [5, 5.41) is 3.23. The van der Waals surface area contributed by atoms with Crippen LogP contribution in [0.1, 0.15) is 30.6 Å². The van der Waals surface area contributed by atoms with Crippen LogP contribution in [-0.2, 0) is 0 Å². The van der Waals surface area contributed by atoms with E-state index in [0.29, 0.717) is 23.9 Å². The highest BCUT2D eigenvalue weighted by Gasteiger charge is 2.21. The van der Waals surface area contributed by atoms with Crippen molar-refractivity contribution >= 4 is 16.8 Å². The van der Waals surface area contributed by atoms with Gasteiger partial charge in [0.05, 0.1) is 11.1 Å². The monoisotopic (exact) mass is 418 g/mol. The minimum atomic E-state index is -0.464. The zero-order chi connectivity index (χ0) is 22.4. The highest BCUT2D eigenvalue weighted by atomic mass is 19.1. The molecule has 0 saturated carbocycles. The Labute approximate surface area is 182 Å². The number of nitrogens with one attached hydrogen (secondary N) is 1. The third kappa shape index (κ3) is 4.97. The number of fused-ring (bicyclic) bond motifs is 1. The van der Waals surface area contributed by atoms with Crippen molar-refractivity contribution in [2.75, 3.05) is 6.54 Å². The molecule has 0 saturated heterocycles. The van der Waals surface area contributed by atoms with E-state index in [2.05, 4.69) is 42.3 Å². The summed E-state index contributed by atoms with van der Waals surface area (Å²) in [6, 6.07) is 6.40. The molecule has 3 rings (SSSR count). The summed E-state index contributed by atoms with van der Waals surface area (Å²) in [7, 11) is 0. The average Bonchev–Trinajstić information content (AvgIpc) is 3.16. The molecular weight excluding hydrogens is 391 g/mol. The van der Waals surface area contributed by atoms with Crippen LogP contribution in [0.5, 0.6) is 0 Å². The quantitative estimate of drug-likeness (QED) is 0.483. The van der Waals surface area contributed by atoms with Crippen LogP contribution in [0.25, 0.3) is 16.9 Å². The Balaban J connectivity index is 1.94. The molecule has 0 aliphatic rings. The van der Waals surface area contributed by atoms with Crippen molar-refractivity contribution in [3.05, 3.63) is 91.2 Å². The molecule has 1 atom stereocenters. The van der Waals surface area contributed by atoms with E-state index >= 15 is 0 Å². The van der Waals surface area contributed by atoms with E-state index in [-0.39, 0.29) is 22.8 Å². The van der Waals surface area contributed by atoms with E-state index in [1.807, 2.05) is 6.08 Å². The van der Waals surface area contributed by atoms with Crippen LogP contribution in [0.15, 0.2) is 79.8 Å². The Bertz CT molecular complexity index is 1120. The lowest BCUT2D eigenvalue weighted by atomic mass is 9.89. The second-order valence-electron chi connectivity index (χ2n) is 7.74. The standard InChI is InChI=1S/C25H27FN4O/c1-5-9-18(6-2)19(14-17(3)4)15-29-24(31)20-16-30(25-27-12-8-13-28-25)22-11-7-10-21(26)23(20)22/h5-13,16-17,19H,1-2,14-15H2,3-4H3,(H,29,31). The fraction of sp³-hybridized carbons (Fsp3) is 0.240. The zero-order valence-electron chi connectivity index (χ0n) is 17.9. The molecule has 2 heterocycles. The number of allylic oxidation sites excluding steroid dienone is 3. The highest BCUT2D eigenvalue weighted by molar-refractivity contribution is 6.07. The van der Waals surface area contributed by atoms with E-state index in [0.717, 1.165) is 12.0 Å². The number of rotatable bonds is 9. The SMILES string of the molecule is C=CC=C(C=C)C(CNC(=O)c1cn(-c2ncccn2)c2cccc(F)c12)CC(C)C. The van der Waals surface area contributed by atoms with Crippen molar-refractivity contribution in [1.29, 1.82) is 0 Å². The highest BCUT2D eigenvalue weighted by Crippen LogP contribution is 2.27. The molecule has 160 valence electrons. The van der Waals surface area contributed by atoms with Gasteiger partial charge in [0.2, 0.25) is 5.95 Å². The van der Waals surface area contributed by atoms with Crippen LogP contribution in [-0.4, -0.2) is 27.0 Å². The molecule has 3 aromatic rings. The number of halogens is 1. The molecule has 2 aromatic heterocycles. The van der Waals surface area contributed by atoms with Gasteiger partial charge in [-0.05, 0) is 36.1 Å². The topological polar surface area (TPSA) is 59.8 Å². The van der Waals surface area contributed by atoms with E-state index in [4.69, 9.17) is 0 Å². The van der Waals surface area contributed by atoms with Gasteiger partial charge in [0.25, 0.3) is 5.91 Å². The van der Waals surface area contributed by atoms with Crippen molar-refractivity contribution in [1.82, 2.24) is 19.9 Å². The maximum Gasteiger partial charge on any atom is 0.253 e. The number of nitrogens with zero attached hydrogens (tertiary/aromatic N) is 3. The first-order chi connectivity index (χ1) is 15.0. The van der Waals surface area contributed by atoms with Crippen molar-refractivity contribution in [3.8, 4) is 5.95 Å². The van der Waals surface area contributed by atoms with E-state index < -0.39 is 5.82 Å². The van der Waals surface area contributed by atoms with Crippen LogP contribution < -0.4 is 5.32 Å². The number of hydrogen-bond acceptors (Lipinski definition) is 3. The molecule has 0 radical (unpaired) electrons. The molecule has 1 amide bonds. The Morgan fingerprint density at radius 3 is 2.61 bits per heavy atom. The van der Waals surface area contributed by atoms with Gasteiger partial charge in [0, 0.05) is 36.4 Å². The molecular formula is C25H27FN4O. The molecule has 0 aliphatic heterocycles. The van der Waals surface area contributed by atoms with Gasteiger partial charge in [-0.1, -0.05) is 51.3 Å². The fourth-order valence-corrected chi connectivity index (χ4v) is 3.72. The molecule has 1 N–H and O–H groups in total. The molecule has 1 unspecified atom stereocenters. The number of carbonyl (C=O) groups excluding carboxylic acids is 1. The van der Waals surface area contributed by atoms with Crippen LogP contribution in [0, 0.1) is 17.7 Å². The van der Waals surface area contributed by atoms with Crippen molar-refractivity contribution < 1.29 is 9.18 Å². The zero-order valence-corrected chi connectivity index (χ0v) is 17.9. The second-order valence-corrected chi connectivity index (χ2v) is 7.74. The Morgan fingerprint density at radius 1 is 1.23 bits per heavy atom. The van der Waals surface area contributed by atoms with Gasteiger partial charge in [-0.25, -0.2) is 14.4 Å². The number of carbonyl (C=O) groups is 1. The van der Waals surface area contributed by atoms with E-state index in [1.54, 1.807) is 53.5 Å². The first-order valence-corrected chi connectivity index (χ1v) is 10.3. The predicted octanol–water partition coefficient (Wildman–Crippen LogP) is 5.25. The Morgan fingerprint density at radius 2 is 1.97 bits per heavy atom. The Kier molecular flexibility index (Phi) is 7.13. The maximum atomic E-state index is 14.7. The van der Waals surface area contributed by atoms with Gasteiger partial charge in [0.1, 0.15) is 5.82 Å². The lowest BCUT2D eigenvalue weighted by molar-refractivity contribution is 0.0949. The first-order valence-electron chi connectivity index (χ1n) is 10.3. The molecule has 5 nitrogen and oxygen atoms in total. The normalized spacial score (nSPS) is 12.7. The first kappa shape index (κ1) is 22.2. The van der Waals surface area contributed by atoms with E-state index in [9.17, 15) is 9.18 Å². The number of amides is 1. The molecule has 6 heteroatoms. The van der Waals surface area contributed by atoms with Gasteiger partial charge in [-0.2, -0.15) is 0 Å². The maximum absolute atomic E-state index is 14.7. The summed E-state index contributed by atoms with van der Waals surface area (Å²) >= 11 is 0. The Hall–Kier alpha value is -3.54. The minimum absolute atomic E-state index is 0.0788. The smallest absolute Gasteiger partial charge is 0.253 e. The molecule has 0 bridgehead atoms. The largest absolute Gasteiger partial charge is 0.351 e. The summed E-state index contributed by atoms with van der Waals surface area (Å²) < 4.78 is 16.4. The van der Waals surface area contributed by atoms with Gasteiger partial charge in [-0.15, -0.1) is 0 Å². The summed E-state index contributed by atoms with van der Waals surface area (Å²) in [6.45, 7) is 12.3. The van der Waals surface area contributed by atoms with Crippen molar-refractivity contribution in [2.45, 2.75) is 20.3 Å². The summed E-state index contributed by atoms with van der Waals surface area (Å²) in [5.74, 6) is 0.0763. The lowest BCUT2D eigenvalue weighted by Crippen LogP contribution is -2.30. The number of hydrogen-bond donors (Lipinski definition) is 1. The summed E-state index contributed by atoms with van der Waals surface area (Å²) in [4.78, 5) is 21.6. The van der Waals surface area contributed by atoms with Crippen LogP contribution in [0.4, 0.5) is 4.39 Å².